The SMILES string of the molecule is O=c1nc(N2CCNCC2)cn[nH]1. The summed E-state index contributed by atoms with van der Waals surface area (Å²) in [5.41, 5.74) is -0.393. The Kier molecular flexibility index (Phi) is 2.22. The molecule has 1 aliphatic rings. The zero-order chi connectivity index (χ0) is 9.10. The molecule has 0 bridgehead atoms. The van der Waals surface area contributed by atoms with Gasteiger partial charge in [-0.3, -0.25) is 0 Å². The van der Waals surface area contributed by atoms with E-state index in [4.69, 9.17) is 0 Å². The van der Waals surface area contributed by atoms with E-state index in [1.54, 1.807) is 6.20 Å². The van der Waals surface area contributed by atoms with Crippen LogP contribution in [0.3, 0.4) is 0 Å². The molecule has 0 aliphatic carbocycles. The van der Waals surface area contributed by atoms with Crippen molar-refractivity contribution in [3.63, 3.8) is 0 Å². The number of H-pyrrole nitrogens is 1. The van der Waals surface area contributed by atoms with Gasteiger partial charge in [-0.1, -0.05) is 0 Å². The number of piperazine rings is 1. The van der Waals surface area contributed by atoms with Gasteiger partial charge in [0.15, 0.2) is 5.82 Å². The van der Waals surface area contributed by atoms with Gasteiger partial charge < -0.3 is 10.2 Å². The number of aromatic amines is 1. The van der Waals surface area contributed by atoms with Gasteiger partial charge in [0.25, 0.3) is 0 Å². The maximum absolute atomic E-state index is 10.9. The van der Waals surface area contributed by atoms with Crippen molar-refractivity contribution in [2.24, 2.45) is 0 Å². The molecule has 2 rings (SSSR count). The third-order valence-electron chi connectivity index (χ3n) is 2.00. The zero-order valence-electron chi connectivity index (χ0n) is 7.16. The lowest BCUT2D eigenvalue weighted by Gasteiger charge is -2.27. The summed E-state index contributed by atoms with van der Waals surface area (Å²) in [5.74, 6) is 0.658. The maximum atomic E-state index is 10.9. The van der Waals surface area contributed by atoms with Gasteiger partial charge >= 0.3 is 5.69 Å². The van der Waals surface area contributed by atoms with Gasteiger partial charge in [-0.15, -0.1) is 0 Å². The largest absolute Gasteiger partial charge is 0.363 e. The predicted octanol–water partition coefficient (Wildman–Crippen LogP) is -1.43. The van der Waals surface area contributed by atoms with E-state index in [-0.39, 0.29) is 0 Å². The van der Waals surface area contributed by atoms with Crippen molar-refractivity contribution < 1.29 is 0 Å². The topological polar surface area (TPSA) is 73.9 Å². The Morgan fingerprint density at radius 3 is 2.85 bits per heavy atom. The average Bonchev–Trinajstić information content (AvgIpc) is 2.19. The molecule has 1 aromatic heterocycles. The Labute approximate surface area is 75.0 Å². The van der Waals surface area contributed by atoms with Crippen LogP contribution in [0.25, 0.3) is 0 Å². The van der Waals surface area contributed by atoms with E-state index in [1.807, 2.05) is 4.90 Å². The van der Waals surface area contributed by atoms with E-state index < -0.39 is 5.69 Å². The van der Waals surface area contributed by atoms with Crippen molar-refractivity contribution in [2.75, 3.05) is 31.1 Å². The molecule has 6 nitrogen and oxygen atoms in total. The lowest BCUT2D eigenvalue weighted by Crippen LogP contribution is -2.44. The van der Waals surface area contributed by atoms with Crippen molar-refractivity contribution in [3.8, 4) is 0 Å². The second-order valence-electron chi connectivity index (χ2n) is 2.88. The lowest BCUT2D eigenvalue weighted by molar-refractivity contribution is 0.582. The number of anilines is 1. The Morgan fingerprint density at radius 2 is 2.15 bits per heavy atom. The number of aromatic nitrogens is 3. The van der Waals surface area contributed by atoms with Crippen LogP contribution < -0.4 is 15.9 Å². The first-order chi connectivity index (χ1) is 6.36. The fourth-order valence-corrected chi connectivity index (χ4v) is 1.35. The molecular formula is C7H11N5O. The summed E-state index contributed by atoms with van der Waals surface area (Å²) in [4.78, 5) is 16.7. The molecule has 2 heterocycles. The molecule has 0 unspecified atom stereocenters. The Balaban J connectivity index is 2.19. The molecule has 0 aromatic carbocycles. The van der Waals surface area contributed by atoms with Crippen LogP contribution in [0.1, 0.15) is 0 Å². The van der Waals surface area contributed by atoms with Gasteiger partial charge in [-0.05, 0) is 0 Å². The van der Waals surface area contributed by atoms with Crippen LogP contribution in [-0.2, 0) is 0 Å². The molecule has 70 valence electrons. The van der Waals surface area contributed by atoms with Crippen molar-refractivity contribution >= 4 is 5.82 Å². The number of hydrogen-bond acceptors (Lipinski definition) is 5. The fourth-order valence-electron chi connectivity index (χ4n) is 1.35. The Bertz CT molecular complexity index is 330. The fraction of sp³-hybridized carbons (Fsp3) is 0.571. The molecule has 0 spiro atoms. The molecule has 1 aromatic rings. The van der Waals surface area contributed by atoms with Crippen LogP contribution in [-0.4, -0.2) is 41.4 Å². The Hall–Kier alpha value is -1.43. The van der Waals surface area contributed by atoms with Crippen LogP contribution in [0.4, 0.5) is 5.82 Å². The number of rotatable bonds is 1. The lowest BCUT2D eigenvalue weighted by atomic mass is 10.4. The number of nitrogens with one attached hydrogen (secondary N) is 2. The normalized spacial score (nSPS) is 17.4. The molecule has 2 N–H and O–H groups in total. The van der Waals surface area contributed by atoms with E-state index in [0.717, 1.165) is 26.2 Å². The maximum Gasteiger partial charge on any atom is 0.363 e. The van der Waals surface area contributed by atoms with E-state index in [9.17, 15) is 4.79 Å². The van der Waals surface area contributed by atoms with Crippen molar-refractivity contribution in [1.82, 2.24) is 20.5 Å². The first kappa shape index (κ1) is 8.18. The molecule has 0 amide bonds. The van der Waals surface area contributed by atoms with Gasteiger partial charge in [0, 0.05) is 26.2 Å². The molecule has 0 atom stereocenters. The third-order valence-corrected chi connectivity index (χ3v) is 2.00. The van der Waals surface area contributed by atoms with Crippen molar-refractivity contribution in [1.29, 1.82) is 0 Å². The standard InChI is InChI=1S/C7H11N5O/c13-7-10-6(5-9-11-7)12-3-1-8-2-4-12/h5,8H,1-4H2,(H,10,11,13). The minimum atomic E-state index is -0.393. The van der Waals surface area contributed by atoms with Gasteiger partial charge in [-0.25, -0.2) is 9.89 Å². The van der Waals surface area contributed by atoms with Crippen LogP contribution in [0, 0.1) is 0 Å². The molecule has 6 heteroatoms. The Morgan fingerprint density at radius 1 is 1.38 bits per heavy atom. The minimum absolute atomic E-state index is 0.393. The molecule has 0 radical (unpaired) electrons. The first-order valence-corrected chi connectivity index (χ1v) is 4.23. The summed E-state index contributed by atoms with van der Waals surface area (Å²) in [6.07, 6.45) is 1.58. The van der Waals surface area contributed by atoms with Gasteiger partial charge in [0.1, 0.15) is 0 Å². The second-order valence-corrected chi connectivity index (χ2v) is 2.88. The van der Waals surface area contributed by atoms with Crippen molar-refractivity contribution in [2.45, 2.75) is 0 Å². The average molecular weight is 181 g/mol. The first-order valence-electron chi connectivity index (χ1n) is 4.23. The number of hydrogen-bond donors (Lipinski definition) is 2. The highest BCUT2D eigenvalue weighted by Gasteiger charge is 2.11. The van der Waals surface area contributed by atoms with Crippen LogP contribution >= 0.6 is 0 Å². The second kappa shape index (κ2) is 3.53. The predicted molar refractivity (Wildman–Crippen MR) is 47.7 cm³/mol. The number of nitrogens with zero attached hydrogens (tertiary/aromatic N) is 3. The quantitative estimate of drug-likeness (QED) is 0.556. The monoisotopic (exact) mass is 181 g/mol. The highest BCUT2D eigenvalue weighted by atomic mass is 16.1. The van der Waals surface area contributed by atoms with Crippen molar-refractivity contribution in [3.05, 3.63) is 16.7 Å². The van der Waals surface area contributed by atoms with E-state index in [1.165, 1.54) is 0 Å². The smallest absolute Gasteiger partial charge is 0.353 e. The van der Waals surface area contributed by atoms with E-state index in [2.05, 4.69) is 20.5 Å². The summed E-state index contributed by atoms with van der Waals surface area (Å²) in [5, 5.41) is 9.17. The highest BCUT2D eigenvalue weighted by molar-refractivity contribution is 5.34. The zero-order valence-corrected chi connectivity index (χ0v) is 7.16. The summed E-state index contributed by atoms with van der Waals surface area (Å²) in [6, 6.07) is 0. The molecule has 1 fully saturated rings. The highest BCUT2D eigenvalue weighted by Crippen LogP contribution is 2.05. The summed E-state index contributed by atoms with van der Waals surface area (Å²) < 4.78 is 0. The molecular weight excluding hydrogens is 170 g/mol. The summed E-state index contributed by atoms with van der Waals surface area (Å²) in [7, 11) is 0. The van der Waals surface area contributed by atoms with Gasteiger partial charge in [0.2, 0.25) is 0 Å². The van der Waals surface area contributed by atoms with Crippen LogP contribution in [0.2, 0.25) is 0 Å². The molecule has 0 saturated carbocycles. The van der Waals surface area contributed by atoms with Gasteiger partial charge in [0.05, 0.1) is 6.20 Å². The summed E-state index contributed by atoms with van der Waals surface area (Å²) in [6.45, 7) is 3.60. The molecule has 1 aliphatic heterocycles. The summed E-state index contributed by atoms with van der Waals surface area (Å²) >= 11 is 0. The molecule has 1 saturated heterocycles. The van der Waals surface area contributed by atoms with E-state index >= 15 is 0 Å². The molecule has 13 heavy (non-hydrogen) atoms. The third kappa shape index (κ3) is 1.83. The van der Waals surface area contributed by atoms with Gasteiger partial charge in [-0.2, -0.15) is 10.1 Å². The van der Waals surface area contributed by atoms with Crippen LogP contribution in [0.5, 0.6) is 0 Å². The van der Waals surface area contributed by atoms with E-state index in [0.29, 0.717) is 5.82 Å². The minimum Gasteiger partial charge on any atom is -0.353 e. The van der Waals surface area contributed by atoms with Crippen LogP contribution in [0.15, 0.2) is 11.0 Å².